The van der Waals surface area contributed by atoms with Crippen LogP contribution in [0.2, 0.25) is 0 Å². The van der Waals surface area contributed by atoms with Crippen LogP contribution in [-0.4, -0.2) is 10.8 Å². The van der Waals surface area contributed by atoms with Gasteiger partial charge < -0.3 is 5.32 Å². The summed E-state index contributed by atoms with van der Waals surface area (Å²) in [6, 6.07) is 18.4. The first-order valence-corrected chi connectivity index (χ1v) is 8.79. The summed E-state index contributed by atoms with van der Waals surface area (Å²) in [5.41, 5.74) is 6.54. The van der Waals surface area contributed by atoms with E-state index in [0.29, 0.717) is 6.42 Å². The van der Waals surface area contributed by atoms with Crippen molar-refractivity contribution in [3.05, 3.63) is 77.5 Å². The molecule has 0 amide bonds. The van der Waals surface area contributed by atoms with E-state index < -0.39 is 0 Å². The Bertz CT molecular complexity index is 1020. The Morgan fingerprint density at radius 3 is 2.72 bits per heavy atom. The molecule has 2 aliphatic rings. The van der Waals surface area contributed by atoms with Gasteiger partial charge in [0.15, 0.2) is 5.78 Å². The van der Waals surface area contributed by atoms with E-state index in [1.807, 2.05) is 30.5 Å². The van der Waals surface area contributed by atoms with E-state index in [1.54, 1.807) is 0 Å². The third kappa shape index (κ3) is 2.19. The predicted molar refractivity (Wildman–Crippen MR) is 100 cm³/mol. The molecule has 2 heterocycles. The number of fused-ring (bicyclic) bond motifs is 4. The second kappa shape index (κ2) is 5.55. The average Bonchev–Trinajstić information content (AvgIpc) is 2.68. The highest BCUT2D eigenvalue weighted by atomic mass is 16.1. The number of rotatable bonds is 1. The fourth-order valence-corrected chi connectivity index (χ4v) is 4.18. The van der Waals surface area contributed by atoms with Crippen molar-refractivity contribution in [2.75, 3.05) is 5.32 Å². The molecule has 1 aliphatic heterocycles. The lowest BCUT2D eigenvalue weighted by Crippen LogP contribution is -2.27. The number of hydrogen-bond acceptors (Lipinski definition) is 3. The van der Waals surface area contributed by atoms with Gasteiger partial charge in [-0.2, -0.15) is 0 Å². The number of ketones is 1. The van der Waals surface area contributed by atoms with Crippen molar-refractivity contribution in [2.24, 2.45) is 0 Å². The minimum Gasteiger partial charge on any atom is -0.373 e. The second-order valence-corrected chi connectivity index (χ2v) is 6.72. The van der Waals surface area contributed by atoms with Gasteiger partial charge in [-0.1, -0.05) is 36.4 Å². The Hall–Kier alpha value is -2.94. The molecule has 0 spiro atoms. The molecule has 122 valence electrons. The lowest BCUT2D eigenvalue weighted by molar-refractivity contribution is -0.116. The zero-order chi connectivity index (χ0) is 16.8. The molecule has 5 rings (SSSR count). The first kappa shape index (κ1) is 14.4. The first-order valence-electron chi connectivity index (χ1n) is 8.79. The standard InChI is InChI=1S/C22H18N2O/c25-19-10-4-8-16-20-15-9-5-13-23-17(15)11-12-18(20)24-22(21(16)19)14-6-2-1-3-7-14/h1-3,5-7,9,11-13,22,24H,4,8,10H2/t22-/m1/s1. The van der Waals surface area contributed by atoms with Crippen LogP contribution in [0.5, 0.6) is 0 Å². The molecule has 25 heavy (non-hydrogen) atoms. The van der Waals surface area contributed by atoms with Gasteiger partial charge in [0.1, 0.15) is 0 Å². The van der Waals surface area contributed by atoms with Gasteiger partial charge in [0.25, 0.3) is 0 Å². The average molecular weight is 326 g/mol. The molecule has 3 aromatic rings. The molecular weight excluding hydrogens is 308 g/mol. The van der Waals surface area contributed by atoms with E-state index >= 15 is 0 Å². The maximum atomic E-state index is 12.8. The topological polar surface area (TPSA) is 42.0 Å². The molecular formula is C22H18N2O. The number of carbonyl (C=O) groups excluding carboxylic acids is 1. The van der Waals surface area contributed by atoms with Crippen LogP contribution >= 0.6 is 0 Å². The van der Waals surface area contributed by atoms with Gasteiger partial charge >= 0.3 is 0 Å². The van der Waals surface area contributed by atoms with E-state index in [0.717, 1.165) is 40.6 Å². The molecule has 0 bridgehead atoms. The van der Waals surface area contributed by atoms with Crippen molar-refractivity contribution in [2.45, 2.75) is 25.3 Å². The maximum Gasteiger partial charge on any atom is 0.161 e. The highest BCUT2D eigenvalue weighted by Crippen LogP contribution is 2.47. The Labute approximate surface area is 146 Å². The fourth-order valence-electron chi connectivity index (χ4n) is 4.18. The highest BCUT2D eigenvalue weighted by Gasteiger charge is 2.34. The first-order chi connectivity index (χ1) is 12.3. The monoisotopic (exact) mass is 326 g/mol. The van der Waals surface area contributed by atoms with Crippen molar-refractivity contribution in [1.82, 2.24) is 4.98 Å². The number of anilines is 1. The van der Waals surface area contributed by atoms with Gasteiger partial charge in [-0.15, -0.1) is 0 Å². The van der Waals surface area contributed by atoms with Crippen LogP contribution in [0.4, 0.5) is 5.69 Å². The lowest BCUT2D eigenvalue weighted by atomic mass is 9.77. The molecule has 3 heteroatoms. The van der Waals surface area contributed by atoms with Crippen LogP contribution in [0.1, 0.15) is 36.4 Å². The van der Waals surface area contributed by atoms with Crippen LogP contribution in [-0.2, 0) is 4.79 Å². The van der Waals surface area contributed by atoms with Crippen LogP contribution in [0.3, 0.4) is 0 Å². The zero-order valence-electron chi connectivity index (χ0n) is 13.8. The van der Waals surface area contributed by atoms with Crippen molar-refractivity contribution in [1.29, 1.82) is 0 Å². The number of nitrogens with zero attached hydrogens (tertiary/aromatic N) is 1. The minimum absolute atomic E-state index is 0.0642. The normalized spacial score (nSPS) is 19.4. The quantitative estimate of drug-likeness (QED) is 0.691. The summed E-state index contributed by atoms with van der Waals surface area (Å²) in [5.74, 6) is 0.272. The molecule has 0 saturated carbocycles. The Balaban J connectivity index is 1.81. The van der Waals surface area contributed by atoms with Crippen LogP contribution in [0.25, 0.3) is 16.5 Å². The third-order valence-corrected chi connectivity index (χ3v) is 5.26. The van der Waals surface area contributed by atoms with Crippen molar-refractivity contribution < 1.29 is 4.79 Å². The molecule has 0 unspecified atom stereocenters. The van der Waals surface area contributed by atoms with E-state index in [2.05, 4.69) is 40.6 Å². The number of Topliss-reactive ketones (excluding diaryl/α,β-unsaturated/α-hetero) is 1. The second-order valence-electron chi connectivity index (χ2n) is 6.72. The maximum absolute atomic E-state index is 12.8. The number of aromatic nitrogens is 1. The number of pyridine rings is 1. The van der Waals surface area contributed by atoms with Crippen LogP contribution in [0, 0.1) is 0 Å². The van der Waals surface area contributed by atoms with Gasteiger partial charge in [-0.05, 0) is 42.2 Å². The number of allylic oxidation sites excluding steroid dienone is 1. The molecule has 1 aromatic heterocycles. The summed E-state index contributed by atoms with van der Waals surface area (Å²) < 4.78 is 0. The summed E-state index contributed by atoms with van der Waals surface area (Å²) >= 11 is 0. The summed E-state index contributed by atoms with van der Waals surface area (Å²) in [4.78, 5) is 17.3. The summed E-state index contributed by atoms with van der Waals surface area (Å²) in [5, 5.41) is 4.75. The lowest BCUT2D eigenvalue weighted by Gasteiger charge is -2.35. The van der Waals surface area contributed by atoms with E-state index in [-0.39, 0.29) is 11.8 Å². The number of benzene rings is 2. The molecule has 1 aliphatic carbocycles. The van der Waals surface area contributed by atoms with Gasteiger partial charge in [0, 0.05) is 34.8 Å². The summed E-state index contributed by atoms with van der Waals surface area (Å²) in [6.45, 7) is 0. The Morgan fingerprint density at radius 2 is 1.84 bits per heavy atom. The largest absolute Gasteiger partial charge is 0.373 e. The minimum atomic E-state index is -0.0642. The molecule has 0 saturated heterocycles. The number of carbonyl (C=O) groups is 1. The molecule has 2 aromatic carbocycles. The third-order valence-electron chi connectivity index (χ3n) is 5.26. The summed E-state index contributed by atoms with van der Waals surface area (Å²) in [7, 11) is 0. The van der Waals surface area contributed by atoms with E-state index in [1.165, 1.54) is 11.1 Å². The highest BCUT2D eigenvalue weighted by molar-refractivity contribution is 6.12. The zero-order valence-corrected chi connectivity index (χ0v) is 13.8. The molecule has 3 nitrogen and oxygen atoms in total. The van der Waals surface area contributed by atoms with E-state index in [9.17, 15) is 4.79 Å². The predicted octanol–water partition coefficient (Wildman–Crippen LogP) is 4.91. The molecule has 1 atom stereocenters. The van der Waals surface area contributed by atoms with Crippen molar-refractivity contribution in [3.8, 4) is 0 Å². The van der Waals surface area contributed by atoms with Gasteiger partial charge in [-0.3, -0.25) is 9.78 Å². The molecule has 0 radical (unpaired) electrons. The van der Waals surface area contributed by atoms with Gasteiger partial charge in [0.2, 0.25) is 0 Å². The SMILES string of the molecule is O=C1CCCC2=C1[C@@H](c1ccccc1)Nc1ccc3ncccc3c12. The molecule has 1 N–H and O–H groups in total. The number of hydrogen-bond donors (Lipinski definition) is 1. The van der Waals surface area contributed by atoms with Crippen LogP contribution < -0.4 is 5.32 Å². The fraction of sp³-hybridized carbons (Fsp3) is 0.182. The van der Waals surface area contributed by atoms with Crippen molar-refractivity contribution >= 4 is 27.9 Å². The van der Waals surface area contributed by atoms with E-state index in [4.69, 9.17) is 0 Å². The molecule has 0 fully saturated rings. The number of nitrogens with one attached hydrogen (secondary N) is 1. The Morgan fingerprint density at radius 1 is 0.960 bits per heavy atom. The van der Waals surface area contributed by atoms with Crippen LogP contribution in [0.15, 0.2) is 66.4 Å². The summed E-state index contributed by atoms with van der Waals surface area (Å²) in [6.07, 6.45) is 4.34. The van der Waals surface area contributed by atoms with Gasteiger partial charge in [-0.25, -0.2) is 0 Å². The smallest absolute Gasteiger partial charge is 0.161 e. The Kier molecular flexibility index (Phi) is 3.20. The van der Waals surface area contributed by atoms with Gasteiger partial charge in [0.05, 0.1) is 11.6 Å². The van der Waals surface area contributed by atoms with Crippen molar-refractivity contribution in [3.63, 3.8) is 0 Å².